The maximum atomic E-state index is 4.73. The molecule has 0 aromatic carbocycles. The molecular formula is C33H58N2. The van der Waals surface area contributed by atoms with Gasteiger partial charge in [0.2, 0.25) is 0 Å². The molecule has 1 aromatic heterocycles. The van der Waals surface area contributed by atoms with Crippen LogP contribution in [-0.2, 0) is 12.8 Å². The highest BCUT2D eigenvalue weighted by atomic mass is 14.9. The molecule has 1 aromatic rings. The second-order valence-corrected chi connectivity index (χ2v) is 12.3. The van der Waals surface area contributed by atoms with Crippen LogP contribution >= 0.6 is 0 Å². The number of aryl methyl sites for hydroxylation is 2. The first-order chi connectivity index (χ1) is 17.3. The fraction of sp³-hybridized carbons (Fsp3) is 0.879. The molecular weight excluding hydrogens is 424 g/mol. The molecule has 3 rings (SSSR count). The lowest BCUT2D eigenvalue weighted by molar-refractivity contribution is 0.141. The van der Waals surface area contributed by atoms with Gasteiger partial charge in [-0.1, -0.05) is 110 Å². The molecule has 2 nitrogen and oxygen atoms in total. The van der Waals surface area contributed by atoms with Gasteiger partial charge in [0.05, 0.1) is 0 Å². The quantitative estimate of drug-likeness (QED) is 0.206. The van der Waals surface area contributed by atoms with Gasteiger partial charge in [-0.15, -0.1) is 0 Å². The van der Waals surface area contributed by atoms with Crippen LogP contribution in [0.2, 0.25) is 0 Å². The highest BCUT2D eigenvalue weighted by Crippen LogP contribution is 2.42. The Bertz CT molecular complexity index is 623. The van der Waals surface area contributed by atoms with Gasteiger partial charge in [0.25, 0.3) is 0 Å². The standard InChI is InChI=1S/C33H58N2/c1-3-5-6-7-8-9-10-11-12-13-15-30-26-34-33(35-27-30)25-20-29-18-23-32(24-19-29)31-21-16-28(14-4-2)17-22-31/h26-29,31-32H,3-25H2,1-2H3/t28-,29-,31-,32-. The van der Waals surface area contributed by atoms with E-state index in [0.29, 0.717) is 0 Å². The Kier molecular flexibility index (Phi) is 14.3. The van der Waals surface area contributed by atoms with Gasteiger partial charge >= 0.3 is 0 Å². The number of unbranched alkanes of at least 4 members (excludes halogenated alkanes) is 9. The minimum atomic E-state index is 0.914. The summed E-state index contributed by atoms with van der Waals surface area (Å²) in [5.41, 5.74) is 1.34. The molecule has 2 aliphatic carbocycles. The van der Waals surface area contributed by atoms with E-state index >= 15 is 0 Å². The van der Waals surface area contributed by atoms with Gasteiger partial charge in [0.15, 0.2) is 0 Å². The first-order valence-electron chi connectivity index (χ1n) is 16.1. The zero-order valence-corrected chi connectivity index (χ0v) is 23.6. The van der Waals surface area contributed by atoms with E-state index in [4.69, 9.17) is 9.97 Å². The summed E-state index contributed by atoms with van der Waals surface area (Å²) in [6, 6.07) is 0. The molecule has 0 atom stereocenters. The van der Waals surface area contributed by atoms with E-state index in [9.17, 15) is 0 Å². The van der Waals surface area contributed by atoms with Crippen LogP contribution in [0.1, 0.15) is 160 Å². The van der Waals surface area contributed by atoms with Crippen LogP contribution in [-0.4, -0.2) is 9.97 Å². The second kappa shape index (κ2) is 17.5. The van der Waals surface area contributed by atoms with E-state index in [0.717, 1.165) is 42.3 Å². The summed E-state index contributed by atoms with van der Waals surface area (Å²) in [6.07, 6.45) is 36.6. The number of hydrogen-bond donors (Lipinski definition) is 0. The van der Waals surface area contributed by atoms with Crippen LogP contribution in [0.15, 0.2) is 12.4 Å². The predicted octanol–water partition coefficient (Wildman–Crippen LogP) is 10.3. The number of aromatic nitrogens is 2. The van der Waals surface area contributed by atoms with Crippen LogP contribution in [0.25, 0.3) is 0 Å². The molecule has 2 aliphatic rings. The molecule has 0 bridgehead atoms. The number of rotatable bonds is 17. The Morgan fingerprint density at radius 3 is 1.54 bits per heavy atom. The molecule has 0 N–H and O–H groups in total. The highest BCUT2D eigenvalue weighted by molar-refractivity contribution is 5.05. The van der Waals surface area contributed by atoms with Gasteiger partial charge in [0, 0.05) is 18.8 Å². The summed E-state index contributed by atoms with van der Waals surface area (Å²) < 4.78 is 0. The highest BCUT2D eigenvalue weighted by Gasteiger charge is 2.30. The molecule has 0 unspecified atom stereocenters. The lowest BCUT2D eigenvalue weighted by Gasteiger charge is -2.38. The zero-order valence-electron chi connectivity index (χ0n) is 23.6. The fourth-order valence-electron chi connectivity index (χ4n) is 7.09. The van der Waals surface area contributed by atoms with Crippen molar-refractivity contribution in [3.63, 3.8) is 0 Å². The van der Waals surface area contributed by atoms with Gasteiger partial charge in [-0.2, -0.15) is 0 Å². The van der Waals surface area contributed by atoms with Crippen LogP contribution in [0.4, 0.5) is 0 Å². The summed E-state index contributed by atoms with van der Waals surface area (Å²) in [7, 11) is 0. The van der Waals surface area contributed by atoms with Gasteiger partial charge in [-0.25, -0.2) is 9.97 Å². The van der Waals surface area contributed by atoms with Gasteiger partial charge in [-0.3, -0.25) is 0 Å². The molecule has 0 saturated heterocycles. The number of nitrogens with zero attached hydrogens (tertiary/aromatic N) is 2. The normalized spacial score (nSPS) is 25.1. The molecule has 200 valence electrons. The lowest BCUT2D eigenvalue weighted by atomic mass is 9.68. The van der Waals surface area contributed by atoms with E-state index in [2.05, 4.69) is 26.2 Å². The largest absolute Gasteiger partial charge is 0.241 e. The molecule has 1 heterocycles. The van der Waals surface area contributed by atoms with Crippen molar-refractivity contribution in [2.24, 2.45) is 23.7 Å². The van der Waals surface area contributed by atoms with E-state index < -0.39 is 0 Å². The van der Waals surface area contributed by atoms with E-state index in [1.165, 1.54) is 140 Å². The third-order valence-electron chi connectivity index (χ3n) is 9.50. The van der Waals surface area contributed by atoms with Crippen molar-refractivity contribution in [3.8, 4) is 0 Å². The maximum Gasteiger partial charge on any atom is 0.128 e. The van der Waals surface area contributed by atoms with E-state index in [1.807, 2.05) is 0 Å². The Balaban J connectivity index is 1.20. The molecule has 35 heavy (non-hydrogen) atoms. The summed E-state index contributed by atoms with van der Waals surface area (Å²) in [4.78, 5) is 9.45. The SMILES string of the molecule is CCCCCCCCCCCCc1cnc(CC[C@H]2CC[C@H]([C@H]3CC[C@H](CCC)CC3)CC2)nc1. The second-order valence-electron chi connectivity index (χ2n) is 12.3. The lowest BCUT2D eigenvalue weighted by Crippen LogP contribution is -2.26. The molecule has 0 radical (unpaired) electrons. The maximum absolute atomic E-state index is 4.73. The Morgan fingerprint density at radius 2 is 1.03 bits per heavy atom. The zero-order chi connectivity index (χ0) is 24.6. The minimum absolute atomic E-state index is 0.914. The third kappa shape index (κ3) is 11.3. The first-order valence-corrected chi connectivity index (χ1v) is 16.1. The molecule has 2 heteroatoms. The molecule has 2 fully saturated rings. The summed E-state index contributed by atoms with van der Waals surface area (Å²) in [5, 5.41) is 0. The van der Waals surface area contributed by atoms with Crippen LogP contribution in [0, 0.1) is 23.7 Å². The monoisotopic (exact) mass is 482 g/mol. The van der Waals surface area contributed by atoms with Crippen LogP contribution in [0.3, 0.4) is 0 Å². The molecule has 0 aliphatic heterocycles. The average Bonchev–Trinajstić information content (AvgIpc) is 2.90. The Labute approximate surface area is 218 Å². The van der Waals surface area contributed by atoms with E-state index in [1.54, 1.807) is 0 Å². The van der Waals surface area contributed by atoms with Crippen molar-refractivity contribution < 1.29 is 0 Å². The Morgan fingerprint density at radius 1 is 0.543 bits per heavy atom. The minimum Gasteiger partial charge on any atom is -0.241 e. The number of hydrogen-bond acceptors (Lipinski definition) is 2. The fourth-order valence-corrected chi connectivity index (χ4v) is 7.09. The van der Waals surface area contributed by atoms with Crippen molar-refractivity contribution in [3.05, 3.63) is 23.8 Å². The Hall–Kier alpha value is -0.920. The van der Waals surface area contributed by atoms with Gasteiger partial charge < -0.3 is 0 Å². The summed E-state index contributed by atoms with van der Waals surface area (Å²) in [5.74, 6) is 5.13. The van der Waals surface area contributed by atoms with Crippen molar-refractivity contribution in [1.82, 2.24) is 9.97 Å². The van der Waals surface area contributed by atoms with Crippen molar-refractivity contribution >= 4 is 0 Å². The topological polar surface area (TPSA) is 25.8 Å². The predicted molar refractivity (Wildman–Crippen MR) is 152 cm³/mol. The van der Waals surface area contributed by atoms with Crippen molar-refractivity contribution in [2.45, 2.75) is 162 Å². The average molecular weight is 483 g/mol. The smallest absolute Gasteiger partial charge is 0.128 e. The summed E-state index contributed by atoms with van der Waals surface area (Å²) >= 11 is 0. The first kappa shape index (κ1) is 28.6. The van der Waals surface area contributed by atoms with Crippen LogP contribution < -0.4 is 0 Å². The molecule has 0 spiro atoms. The summed E-state index contributed by atoms with van der Waals surface area (Å²) in [6.45, 7) is 4.65. The van der Waals surface area contributed by atoms with E-state index in [-0.39, 0.29) is 0 Å². The van der Waals surface area contributed by atoms with Crippen LogP contribution in [0.5, 0.6) is 0 Å². The van der Waals surface area contributed by atoms with Gasteiger partial charge in [0.1, 0.15) is 5.82 Å². The molecule has 0 amide bonds. The third-order valence-corrected chi connectivity index (χ3v) is 9.50. The van der Waals surface area contributed by atoms with Gasteiger partial charge in [-0.05, 0) is 74.2 Å². The van der Waals surface area contributed by atoms with Crippen molar-refractivity contribution in [2.75, 3.05) is 0 Å². The van der Waals surface area contributed by atoms with Crippen molar-refractivity contribution in [1.29, 1.82) is 0 Å². The molecule has 2 saturated carbocycles.